The van der Waals surface area contributed by atoms with Gasteiger partial charge in [-0.25, -0.2) is 0 Å². The number of methoxy groups -OCH3 is 1. The summed E-state index contributed by atoms with van der Waals surface area (Å²) in [5.74, 6) is 3.93. The Labute approximate surface area is 185 Å². The highest BCUT2D eigenvalue weighted by Crippen LogP contribution is 2.20. The Morgan fingerprint density at radius 2 is 2.06 bits per heavy atom. The van der Waals surface area contributed by atoms with E-state index in [2.05, 4.69) is 55.5 Å². The van der Waals surface area contributed by atoms with Crippen LogP contribution < -0.4 is 15.4 Å². The van der Waals surface area contributed by atoms with E-state index in [1.165, 1.54) is 24.8 Å². The molecular weight excluding hydrogens is 392 g/mol. The van der Waals surface area contributed by atoms with Crippen molar-refractivity contribution in [3.63, 3.8) is 0 Å². The normalized spacial score (nSPS) is 14.1. The minimum absolute atomic E-state index is 0.534. The highest BCUT2D eigenvalue weighted by atomic mass is 16.5. The van der Waals surface area contributed by atoms with E-state index in [1.54, 1.807) is 14.2 Å². The second-order valence-corrected chi connectivity index (χ2v) is 7.90. The van der Waals surface area contributed by atoms with Crippen LogP contribution in [0.25, 0.3) is 0 Å². The van der Waals surface area contributed by atoms with Gasteiger partial charge in [0.1, 0.15) is 24.0 Å². The van der Waals surface area contributed by atoms with Crippen LogP contribution in [0.1, 0.15) is 48.5 Å². The number of guanidine groups is 1. The monoisotopic (exact) mass is 428 g/mol. The molecule has 0 atom stereocenters. The molecule has 170 valence electrons. The van der Waals surface area contributed by atoms with Crippen molar-refractivity contribution >= 4 is 5.96 Å². The zero-order valence-electron chi connectivity index (χ0n) is 19.1. The van der Waals surface area contributed by atoms with Gasteiger partial charge >= 0.3 is 0 Å². The van der Waals surface area contributed by atoms with Gasteiger partial charge in [-0.15, -0.1) is 10.2 Å². The van der Waals surface area contributed by atoms with Crippen LogP contribution in [0.15, 0.2) is 23.2 Å². The van der Waals surface area contributed by atoms with Gasteiger partial charge in [-0.1, -0.05) is 18.6 Å². The van der Waals surface area contributed by atoms with Gasteiger partial charge in [0, 0.05) is 52.2 Å². The van der Waals surface area contributed by atoms with Gasteiger partial charge in [-0.05, 0) is 37.8 Å². The van der Waals surface area contributed by atoms with Crippen LogP contribution in [0.2, 0.25) is 0 Å². The molecule has 0 amide bonds. The first-order valence-electron chi connectivity index (χ1n) is 11.3. The number of hydrogen-bond donors (Lipinski definition) is 2. The van der Waals surface area contributed by atoms with Crippen molar-refractivity contribution in [3.8, 4) is 5.75 Å². The SMILES string of the molecule is CN=C(NCCCc1nnc2n1CCCCC2)NCc1ccc(C)cc1OCCOC. The molecule has 0 bridgehead atoms. The molecule has 1 aromatic carbocycles. The molecule has 0 unspecified atom stereocenters. The van der Waals surface area contributed by atoms with E-state index in [9.17, 15) is 0 Å². The lowest BCUT2D eigenvalue weighted by Crippen LogP contribution is -2.37. The topological polar surface area (TPSA) is 85.6 Å². The molecule has 1 aromatic heterocycles. The van der Waals surface area contributed by atoms with Crippen molar-refractivity contribution in [2.45, 2.75) is 58.5 Å². The van der Waals surface area contributed by atoms with Crippen LogP contribution in [0.3, 0.4) is 0 Å². The molecule has 0 aliphatic carbocycles. The van der Waals surface area contributed by atoms with Crippen molar-refractivity contribution in [2.75, 3.05) is 33.9 Å². The fourth-order valence-corrected chi connectivity index (χ4v) is 3.76. The number of rotatable bonds is 10. The van der Waals surface area contributed by atoms with E-state index < -0.39 is 0 Å². The summed E-state index contributed by atoms with van der Waals surface area (Å²) in [6.07, 6.45) is 6.69. The van der Waals surface area contributed by atoms with Crippen LogP contribution in [0, 0.1) is 6.92 Å². The van der Waals surface area contributed by atoms with Crippen molar-refractivity contribution < 1.29 is 9.47 Å². The smallest absolute Gasteiger partial charge is 0.191 e. The molecule has 8 heteroatoms. The third-order valence-electron chi connectivity index (χ3n) is 5.49. The zero-order valence-corrected chi connectivity index (χ0v) is 19.1. The molecular formula is C23H36N6O2. The molecule has 0 spiro atoms. The molecule has 31 heavy (non-hydrogen) atoms. The summed E-state index contributed by atoms with van der Waals surface area (Å²) >= 11 is 0. The van der Waals surface area contributed by atoms with Crippen molar-refractivity contribution in [1.82, 2.24) is 25.4 Å². The van der Waals surface area contributed by atoms with E-state index in [-0.39, 0.29) is 0 Å². The van der Waals surface area contributed by atoms with E-state index in [4.69, 9.17) is 9.47 Å². The van der Waals surface area contributed by atoms with Crippen LogP contribution in [-0.4, -0.2) is 54.6 Å². The number of ether oxygens (including phenoxy) is 2. The van der Waals surface area contributed by atoms with E-state index >= 15 is 0 Å². The molecule has 2 N–H and O–H groups in total. The van der Waals surface area contributed by atoms with E-state index in [1.807, 2.05) is 0 Å². The highest BCUT2D eigenvalue weighted by Gasteiger charge is 2.14. The van der Waals surface area contributed by atoms with Crippen molar-refractivity contribution in [1.29, 1.82) is 0 Å². The van der Waals surface area contributed by atoms with Gasteiger partial charge in [0.2, 0.25) is 0 Å². The maximum Gasteiger partial charge on any atom is 0.191 e. The lowest BCUT2D eigenvalue weighted by Gasteiger charge is -2.15. The number of hydrogen-bond acceptors (Lipinski definition) is 5. The van der Waals surface area contributed by atoms with Gasteiger partial charge in [0.25, 0.3) is 0 Å². The molecule has 1 aliphatic rings. The first kappa shape index (κ1) is 23.1. The Kier molecular flexibility index (Phi) is 9.15. The second kappa shape index (κ2) is 12.3. The second-order valence-electron chi connectivity index (χ2n) is 7.90. The molecule has 2 heterocycles. The largest absolute Gasteiger partial charge is 0.491 e. The Morgan fingerprint density at radius 1 is 1.16 bits per heavy atom. The molecule has 0 saturated heterocycles. The number of nitrogens with zero attached hydrogens (tertiary/aromatic N) is 4. The fourth-order valence-electron chi connectivity index (χ4n) is 3.76. The summed E-state index contributed by atoms with van der Waals surface area (Å²) in [5.41, 5.74) is 2.26. The first-order valence-corrected chi connectivity index (χ1v) is 11.3. The van der Waals surface area contributed by atoms with Crippen molar-refractivity contribution in [2.24, 2.45) is 4.99 Å². The predicted molar refractivity (Wildman–Crippen MR) is 123 cm³/mol. The van der Waals surface area contributed by atoms with Gasteiger partial charge in [0.05, 0.1) is 6.61 Å². The number of aryl methyl sites for hydroxylation is 3. The lowest BCUT2D eigenvalue weighted by atomic mass is 10.1. The van der Waals surface area contributed by atoms with Crippen molar-refractivity contribution in [3.05, 3.63) is 41.0 Å². The highest BCUT2D eigenvalue weighted by molar-refractivity contribution is 5.79. The van der Waals surface area contributed by atoms with Crippen LogP contribution in [-0.2, 0) is 30.7 Å². The molecule has 8 nitrogen and oxygen atoms in total. The van der Waals surface area contributed by atoms with E-state index in [0.29, 0.717) is 19.8 Å². The Bertz CT molecular complexity index is 849. The Morgan fingerprint density at radius 3 is 2.90 bits per heavy atom. The summed E-state index contributed by atoms with van der Waals surface area (Å²) in [5, 5.41) is 15.6. The fraction of sp³-hybridized carbons (Fsp3) is 0.609. The first-order chi connectivity index (χ1) is 15.2. The standard InChI is InChI=1S/C23H36N6O2/c1-18-10-11-19(20(16-18)31-15-14-30-3)17-26-23(24-2)25-12-7-9-22-28-27-21-8-5-4-6-13-29(21)22/h10-11,16H,4-9,12-15,17H2,1-3H3,(H2,24,25,26). The molecule has 0 fully saturated rings. The van der Waals surface area contributed by atoms with Gasteiger partial charge in [-0.2, -0.15) is 0 Å². The predicted octanol–water partition coefficient (Wildman–Crippen LogP) is 2.64. The quantitative estimate of drug-likeness (QED) is 0.344. The molecule has 0 radical (unpaired) electrons. The average molecular weight is 429 g/mol. The maximum absolute atomic E-state index is 5.88. The molecule has 3 rings (SSSR count). The molecule has 1 aliphatic heterocycles. The number of nitrogens with one attached hydrogen (secondary N) is 2. The molecule has 0 saturated carbocycles. The minimum atomic E-state index is 0.534. The van der Waals surface area contributed by atoms with Crippen LogP contribution >= 0.6 is 0 Å². The Balaban J connectivity index is 1.45. The summed E-state index contributed by atoms with van der Waals surface area (Å²) < 4.78 is 13.3. The van der Waals surface area contributed by atoms with Gasteiger partial charge in [-0.3, -0.25) is 4.99 Å². The minimum Gasteiger partial charge on any atom is -0.491 e. The van der Waals surface area contributed by atoms with Gasteiger partial charge in [0.15, 0.2) is 5.96 Å². The summed E-state index contributed by atoms with van der Waals surface area (Å²) in [7, 11) is 3.47. The number of fused-ring (bicyclic) bond motifs is 1. The summed E-state index contributed by atoms with van der Waals surface area (Å²) in [6, 6.07) is 6.25. The summed E-state index contributed by atoms with van der Waals surface area (Å²) in [4.78, 5) is 4.34. The third kappa shape index (κ3) is 6.95. The van der Waals surface area contributed by atoms with Gasteiger partial charge < -0.3 is 24.7 Å². The van der Waals surface area contributed by atoms with E-state index in [0.717, 1.165) is 61.3 Å². The third-order valence-corrected chi connectivity index (χ3v) is 5.49. The summed E-state index contributed by atoms with van der Waals surface area (Å²) in [6.45, 7) is 5.69. The average Bonchev–Trinajstić information content (AvgIpc) is 3.00. The van der Waals surface area contributed by atoms with Crippen LogP contribution in [0.5, 0.6) is 5.75 Å². The number of aromatic nitrogens is 3. The maximum atomic E-state index is 5.88. The molecule has 2 aromatic rings. The van der Waals surface area contributed by atoms with Crippen LogP contribution in [0.4, 0.5) is 0 Å². The number of aliphatic imine (C=N–C) groups is 1. The number of benzene rings is 1. The zero-order chi connectivity index (χ0) is 21.9. The lowest BCUT2D eigenvalue weighted by molar-refractivity contribution is 0.145. The Hall–Kier alpha value is -2.61.